The van der Waals surface area contributed by atoms with Gasteiger partial charge in [-0.3, -0.25) is 0 Å². The molecule has 2 nitrogen and oxygen atoms in total. The van der Waals surface area contributed by atoms with Crippen LogP contribution in [0.5, 0.6) is 5.75 Å². The van der Waals surface area contributed by atoms with E-state index in [1.807, 2.05) is 30.0 Å². The molecule has 0 aliphatic rings. The Morgan fingerprint density at radius 2 is 2.05 bits per heavy atom. The predicted octanol–water partition coefficient (Wildman–Crippen LogP) is 4.03. The number of hydrogen-bond acceptors (Lipinski definition) is 3. The van der Waals surface area contributed by atoms with Gasteiger partial charge in [0.1, 0.15) is 5.75 Å². The second-order valence-electron chi connectivity index (χ2n) is 4.95. The van der Waals surface area contributed by atoms with Crippen molar-refractivity contribution < 1.29 is 9.84 Å². The first-order valence-corrected chi connectivity index (χ1v) is 7.75. The van der Waals surface area contributed by atoms with E-state index < -0.39 is 6.29 Å². The van der Waals surface area contributed by atoms with Crippen molar-refractivity contribution in [2.24, 2.45) is 0 Å². The first-order valence-electron chi connectivity index (χ1n) is 6.70. The molecule has 3 heteroatoms. The number of benzene rings is 1. The van der Waals surface area contributed by atoms with Crippen molar-refractivity contribution in [3.8, 4) is 5.75 Å². The molecular formula is C16H24O2S. The van der Waals surface area contributed by atoms with Gasteiger partial charge in [-0.25, -0.2) is 0 Å². The second-order valence-corrected chi connectivity index (χ2v) is 6.63. The van der Waals surface area contributed by atoms with Crippen LogP contribution in [0.2, 0.25) is 0 Å². The highest BCUT2D eigenvalue weighted by Crippen LogP contribution is 2.22. The lowest BCUT2D eigenvalue weighted by Gasteiger charge is -2.16. The van der Waals surface area contributed by atoms with Crippen molar-refractivity contribution in [1.82, 2.24) is 0 Å². The number of aliphatic hydroxyl groups is 1. The molecule has 0 spiro atoms. The summed E-state index contributed by atoms with van der Waals surface area (Å²) in [6.07, 6.45) is 1.16. The molecule has 0 aliphatic heterocycles. The van der Waals surface area contributed by atoms with Crippen LogP contribution >= 0.6 is 11.8 Å². The average molecular weight is 280 g/mol. The minimum atomic E-state index is -0.925. The molecule has 0 amide bonds. The van der Waals surface area contributed by atoms with Gasteiger partial charge in [0.2, 0.25) is 6.29 Å². The Kier molecular flexibility index (Phi) is 7.03. The smallest absolute Gasteiger partial charge is 0.219 e. The van der Waals surface area contributed by atoms with Crippen LogP contribution in [0, 0.1) is 0 Å². The number of aliphatic hydroxyl groups excluding tert-OH is 1. The van der Waals surface area contributed by atoms with Gasteiger partial charge in [-0.1, -0.05) is 38.6 Å². The molecule has 1 rings (SSSR count). The molecule has 0 saturated carbocycles. The van der Waals surface area contributed by atoms with Gasteiger partial charge in [0, 0.05) is 0 Å². The molecule has 1 aromatic carbocycles. The molecule has 0 aliphatic carbocycles. The van der Waals surface area contributed by atoms with E-state index in [0.717, 1.165) is 29.9 Å². The van der Waals surface area contributed by atoms with Crippen molar-refractivity contribution >= 4 is 11.8 Å². The standard InChI is InChI=1S/C16H24O2S/c1-12(2)16(17)18-15-10-6-5-8-14(15)9-7-11-19-13(3)4/h5-6,8,10,13,16-17H,1,7,9,11H2,2-4H3. The normalized spacial score (nSPS) is 12.5. The largest absolute Gasteiger partial charge is 0.461 e. The zero-order valence-electron chi connectivity index (χ0n) is 12.1. The minimum absolute atomic E-state index is 0.616. The zero-order valence-corrected chi connectivity index (χ0v) is 12.9. The third-order valence-electron chi connectivity index (χ3n) is 2.67. The molecule has 1 unspecified atom stereocenters. The summed E-state index contributed by atoms with van der Waals surface area (Å²) in [5.41, 5.74) is 1.76. The summed E-state index contributed by atoms with van der Waals surface area (Å²) in [5.74, 6) is 1.90. The highest BCUT2D eigenvalue weighted by atomic mass is 32.2. The van der Waals surface area contributed by atoms with Crippen LogP contribution in [0.25, 0.3) is 0 Å². The summed E-state index contributed by atoms with van der Waals surface area (Å²) < 4.78 is 5.53. The van der Waals surface area contributed by atoms with Crippen LogP contribution in [0.15, 0.2) is 36.4 Å². The zero-order chi connectivity index (χ0) is 14.3. The highest BCUT2D eigenvalue weighted by molar-refractivity contribution is 7.99. The van der Waals surface area contributed by atoms with Gasteiger partial charge >= 0.3 is 0 Å². The van der Waals surface area contributed by atoms with Crippen LogP contribution < -0.4 is 4.74 Å². The Morgan fingerprint density at radius 1 is 1.37 bits per heavy atom. The van der Waals surface area contributed by atoms with Crippen LogP contribution in [-0.2, 0) is 6.42 Å². The summed E-state index contributed by atoms with van der Waals surface area (Å²) in [6, 6.07) is 7.88. The second kappa shape index (κ2) is 8.28. The molecule has 1 aromatic rings. The van der Waals surface area contributed by atoms with Gasteiger partial charge in [0.25, 0.3) is 0 Å². The lowest BCUT2D eigenvalue weighted by atomic mass is 10.1. The lowest BCUT2D eigenvalue weighted by Crippen LogP contribution is -2.17. The van der Waals surface area contributed by atoms with Crippen LogP contribution in [-0.4, -0.2) is 22.4 Å². The van der Waals surface area contributed by atoms with E-state index in [1.165, 1.54) is 0 Å². The fourth-order valence-electron chi connectivity index (χ4n) is 1.63. The molecule has 0 heterocycles. The SMILES string of the molecule is C=C(C)C(O)Oc1ccccc1CCCSC(C)C. The quantitative estimate of drug-likeness (QED) is 0.443. The fourth-order valence-corrected chi connectivity index (χ4v) is 2.41. The maximum atomic E-state index is 9.72. The molecule has 0 bridgehead atoms. The first-order chi connectivity index (χ1) is 9.00. The Balaban J connectivity index is 2.55. The van der Waals surface area contributed by atoms with Crippen LogP contribution in [0.4, 0.5) is 0 Å². The predicted molar refractivity (Wildman–Crippen MR) is 83.8 cm³/mol. The number of aryl methyl sites for hydroxylation is 1. The Morgan fingerprint density at radius 3 is 2.68 bits per heavy atom. The van der Waals surface area contributed by atoms with Gasteiger partial charge in [-0.2, -0.15) is 11.8 Å². The average Bonchev–Trinajstić information content (AvgIpc) is 2.36. The fraction of sp³-hybridized carbons (Fsp3) is 0.500. The molecule has 19 heavy (non-hydrogen) atoms. The van der Waals surface area contributed by atoms with E-state index in [-0.39, 0.29) is 0 Å². The van der Waals surface area contributed by atoms with E-state index in [2.05, 4.69) is 26.5 Å². The lowest BCUT2D eigenvalue weighted by molar-refractivity contribution is 0.0144. The van der Waals surface area contributed by atoms with Crippen LogP contribution in [0.3, 0.4) is 0 Å². The number of para-hydroxylation sites is 1. The highest BCUT2D eigenvalue weighted by Gasteiger charge is 2.09. The molecular weight excluding hydrogens is 256 g/mol. The third kappa shape index (κ3) is 6.17. The first kappa shape index (κ1) is 16.1. The number of rotatable bonds is 8. The van der Waals surface area contributed by atoms with Crippen molar-refractivity contribution in [3.05, 3.63) is 42.0 Å². The van der Waals surface area contributed by atoms with Gasteiger partial charge < -0.3 is 9.84 Å². The molecule has 0 aromatic heterocycles. The Hall–Kier alpha value is -0.930. The molecule has 0 fully saturated rings. The van der Waals surface area contributed by atoms with E-state index in [0.29, 0.717) is 10.8 Å². The van der Waals surface area contributed by atoms with Crippen molar-refractivity contribution in [2.75, 3.05) is 5.75 Å². The van der Waals surface area contributed by atoms with Crippen molar-refractivity contribution in [3.63, 3.8) is 0 Å². The van der Waals surface area contributed by atoms with E-state index in [1.54, 1.807) is 6.92 Å². The monoisotopic (exact) mass is 280 g/mol. The molecule has 0 saturated heterocycles. The van der Waals surface area contributed by atoms with E-state index in [4.69, 9.17) is 4.74 Å². The van der Waals surface area contributed by atoms with Gasteiger partial charge in [-0.05, 0) is 48.0 Å². The minimum Gasteiger partial charge on any atom is -0.461 e. The van der Waals surface area contributed by atoms with Gasteiger partial charge in [0.15, 0.2) is 0 Å². The summed E-state index contributed by atoms with van der Waals surface area (Å²) in [5, 5.41) is 10.4. The molecule has 106 valence electrons. The number of thioether (sulfide) groups is 1. The topological polar surface area (TPSA) is 29.5 Å². The summed E-state index contributed by atoms with van der Waals surface area (Å²) in [7, 11) is 0. The van der Waals surface area contributed by atoms with E-state index >= 15 is 0 Å². The number of hydrogen-bond donors (Lipinski definition) is 1. The summed E-state index contributed by atoms with van der Waals surface area (Å²) in [6.45, 7) is 9.88. The maximum absolute atomic E-state index is 9.72. The Bertz CT molecular complexity index is 401. The van der Waals surface area contributed by atoms with E-state index in [9.17, 15) is 5.11 Å². The van der Waals surface area contributed by atoms with Gasteiger partial charge in [-0.15, -0.1) is 0 Å². The summed E-state index contributed by atoms with van der Waals surface area (Å²) in [4.78, 5) is 0. The van der Waals surface area contributed by atoms with Crippen LogP contribution in [0.1, 0.15) is 32.8 Å². The molecule has 1 N–H and O–H groups in total. The maximum Gasteiger partial charge on any atom is 0.219 e. The van der Waals surface area contributed by atoms with Crippen molar-refractivity contribution in [1.29, 1.82) is 0 Å². The molecule has 0 radical (unpaired) electrons. The van der Waals surface area contributed by atoms with Crippen molar-refractivity contribution in [2.45, 2.75) is 45.2 Å². The third-order valence-corrected chi connectivity index (χ3v) is 3.87. The molecule has 1 atom stereocenters. The summed E-state index contributed by atoms with van der Waals surface area (Å²) >= 11 is 1.97. The Labute approximate surface area is 120 Å². The van der Waals surface area contributed by atoms with Gasteiger partial charge in [0.05, 0.1) is 0 Å². The number of ether oxygens (including phenoxy) is 1.